The molecule has 0 atom stereocenters. The number of benzene rings is 2. The van der Waals surface area contributed by atoms with Gasteiger partial charge in [0.2, 0.25) is 5.91 Å². The molecule has 0 unspecified atom stereocenters. The van der Waals surface area contributed by atoms with E-state index in [-0.39, 0.29) is 16.4 Å². The van der Waals surface area contributed by atoms with Crippen LogP contribution in [0.1, 0.15) is 23.7 Å². The largest absolute Gasteiger partial charge is 0.455 e. The number of hydrogen-bond acceptors (Lipinski definition) is 7. The number of amides is 3. The highest BCUT2D eigenvalue weighted by molar-refractivity contribution is 7.91. The van der Waals surface area contributed by atoms with Crippen LogP contribution in [-0.2, 0) is 29.0 Å². The van der Waals surface area contributed by atoms with Crippen LogP contribution < -0.4 is 16.2 Å². The van der Waals surface area contributed by atoms with Crippen molar-refractivity contribution in [1.82, 2.24) is 10.9 Å². The molecule has 3 amide bonds. The molecule has 0 saturated heterocycles. The summed E-state index contributed by atoms with van der Waals surface area (Å²) >= 11 is 5.72. The van der Waals surface area contributed by atoms with Gasteiger partial charge in [-0.3, -0.25) is 30.0 Å². The fourth-order valence-corrected chi connectivity index (χ4v) is 3.69. The van der Waals surface area contributed by atoms with Crippen molar-refractivity contribution in [2.24, 2.45) is 0 Å². The first-order chi connectivity index (χ1) is 15.1. The average molecular weight is 482 g/mol. The maximum atomic E-state index is 12.3. The number of carbonyl (C=O) groups is 4. The number of halogens is 1. The Balaban J connectivity index is 1.74. The van der Waals surface area contributed by atoms with E-state index in [0.717, 1.165) is 0 Å². The highest BCUT2D eigenvalue weighted by atomic mass is 35.5. The number of rotatable bonds is 8. The van der Waals surface area contributed by atoms with Gasteiger partial charge in [-0.1, -0.05) is 11.6 Å². The predicted molar refractivity (Wildman–Crippen MR) is 115 cm³/mol. The molecule has 2 aromatic rings. The Morgan fingerprint density at radius 3 is 2.16 bits per heavy atom. The summed E-state index contributed by atoms with van der Waals surface area (Å²) in [7, 11) is -3.77. The molecule has 2 aromatic carbocycles. The summed E-state index contributed by atoms with van der Waals surface area (Å²) in [5.74, 6) is -3.13. The van der Waals surface area contributed by atoms with Gasteiger partial charge in [0.25, 0.3) is 11.8 Å². The lowest BCUT2D eigenvalue weighted by atomic mass is 10.2. The van der Waals surface area contributed by atoms with Crippen molar-refractivity contribution >= 4 is 50.8 Å². The third kappa shape index (κ3) is 8.00. The number of nitrogens with one attached hydrogen (secondary N) is 3. The molecular weight excluding hydrogens is 462 g/mol. The molecule has 3 N–H and O–H groups in total. The zero-order valence-corrected chi connectivity index (χ0v) is 18.5. The first-order valence-corrected chi connectivity index (χ1v) is 11.2. The Kier molecular flexibility index (Phi) is 8.73. The molecule has 0 radical (unpaired) electrons. The van der Waals surface area contributed by atoms with E-state index < -0.39 is 46.4 Å². The molecule has 32 heavy (non-hydrogen) atoms. The Labute approximate surface area is 189 Å². The molecule has 0 spiro atoms. The summed E-state index contributed by atoms with van der Waals surface area (Å²) in [5.41, 5.74) is 4.90. The normalized spacial score (nSPS) is 10.7. The lowest BCUT2D eigenvalue weighted by Crippen LogP contribution is -2.43. The molecule has 0 bridgehead atoms. The van der Waals surface area contributed by atoms with Gasteiger partial charge in [-0.2, -0.15) is 0 Å². The van der Waals surface area contributed by atoms with Crippen LogP contribution >= 0.6 is 11.6 Å². The number of hydrogen-bond donors (Lipinski definition) is 3. The minimum absolute atomic E-state index is 0.0259. The second kappa shape index (κ2) is 11.3. The van der Waals surface area contributed by atoms with E-state index in [1.807, 2.05) is 0 Å². The van der Waals surface area contributed by atoms with E-state index in [1.54, 1.807) is 0 Å². The van der Waals surface area contributed by atoms with Gasteiger partial charge in [0.1, 0.15) is 0 Å². The molecule has 12 heteroatoms. The van der Waals surface area contributed by atoms with E-state index >= 15 is 0 Å². The van der Waals surface area contributed by atoms with Crippen LogP contribution in [0, 0.1) is 0 Å². The van der Waals surface area contributed by atoms with Crippen molar-refractivity contribution in [3.05, 3.63) is 59.1 Å². The molecule has 170 valence electrons. The van der Waals surface area contributed by atoms with Gasteiger partial charge in [0.15, 0.2) is 16.4 Å². The van der Waals surface area contributed by atoms with Crippen LogP contribution in [0.4, 0.5) is 5.69 Å². The number of anilines is 1. The van der Waals surface area contributed by atoms with Crippen molar-refractivity contribution in [3.8, 4) is 0 Å². The number of esters is 1. The Bertz CT molecular complexity index is 1100. The van der Waals surface area contributed by atoms with Gasteiger partial charge in [-0.15, -0.1) is 0 Å². The molecule has 0 aliphatic rings. The van der Waals surface area contributed by atoms with Crippen LogP contribution in [0.25, 0.3) is 0 Å². The summed E-state index contributed by atoms with van der Waals surface area (Å²) in [6.07, 6.45) is -0.472. The minimum Gasteiger partial charge on any atom is -0.455 e. The molecular formula is C20H20ClN3O7S. The molecule has 2 rings (SSSR count). The summed E-state index contributed by atoms with van der Waals surface area (Å²) in [6.45, 7) is 0.620. The highest BCUT2D eigenvalue weighted by Gasteiger charge is 2.18. The molecule has 10 nitrogen and oxygen atoms in total. The van der Waals surface area contributed by atoms with E-state index in [4.69, 9.17) is 16.3 Å². The van der Waals surface area contributed by atoms with Crippen molar-refractivity contribution < 1.29 is 32.3 Å². The molecule has 0 fully saturated rings. The lowest BCUT2D eigenvalue weighted by molar-refractivity contribution is -0.148. The third-order valence-electron chi connectivity index (χ3n) is 3.89. The summed E-state index contributed by atoms with van der Waals surface area (Å²) < 4.78 is 29.3. The first-order valence-electron chi connectivity index (χ1n) is 9.17. The fraction of sp³-hybridized carbons (Fsp3) is 0.200. The molecule has 0 aliphatic carbocycles. The minimum atomic E-state index is -3.77. The van der Waals surface area contributed by atoms with Crippen LogP contribution in [0.3, 0.4) is 0 Å². The molecule has 0 aromatic heterocycles. The zero-order chi connectivity index (χ0) is 23.7. The summed E-state index contributed by atoms with van der Waals surface area (Å²) in [5, 5.41) is 2.96. The maximum Gasteiger partial charge on any atom is 0.307 e. The summed E-state index contributed by atoms with van der Waals surface area (Å²) in [6, 6.07) is 11.4. The van der Waals surface area contributed by atoms with Crippen LogP contribution in [-0.4, -0.2) is 44.5 Å². The quantitative estimate of drug-likeness (QED) is 0.382. The average Bonchev–Trinajstić information content (AvgIpc) is 2.75. The van der Waals surface area contributed by atoms with Crippen LogP contribution in [0.5, 0.6) is 0 Å². The van der Waals surface area contributed by atoms with Crippen LogP contribution in [0.15, 0.2) is 53.4 Å². The van der Waals surface area contributed by atoms with Crippen molar-refractivity contribution in [2.75, 3.05) is 17.7 Å². The second-order valence-electron chi connectivity index (χ2n) is 6.44. The number of sulfone groups is 1. The molecule has 0 aliphatic heterocycles. The fourth-order valence-electron chi connectivity index (χ4n) is 2.34. The van der Waals surface area contributed by atoms with E-state index in [2.05, 4.69) is 16.2 Å². The smallest absolute Gasteiger partial charge is 0.307 e. The van der Waals surface area contributed by atoms with Crippen molar-refractivity contribution in [1.29, 1.82) is 0 Å². The summed E-state index contributed by atoms with van der Waals surface area (Å²) in [4.78, 5) is 46.3. The Morgan fingerprint density at radius 1 is 0.938 bits per heavy atom. The van der Waals surface area contributed by atoms with Crippen molar-refractivity contribution in [3.63, 3.8) is 0 Å². The maximum absolute atomic E-state index is 12.3. The van der Waals surface area contributed by atoms with E-state index in [9.17, 15) is 27.6 Å². The topological polar surface area (TPSA) is 148 Å². The van der Waals surface area contributed by atoms with Crippen LogP contribution in [0.2, 0.25) is 5.02 Å². The predicted octanol–water partition coefficient (Wildman–Crippen LogP) is 1.47. The lowest BCUT2D eigenvalue weighted by Gasteiger charge is -2.09. The van der Waals surface area contributed by atoms with Gasteiger partial charge in [0, 0.05) is 23.2 Å². The standard InChI is InChI=1S/C20H20ClN3O7S/c1-13(25)22-16-6-8-17(9-7-16)32(29,30)11-10-19(27)31-12-18(26)23-24-20(28)14-2-4-15(21)5-3-14/h2-9H,10-12H2,1H3,(H,22,25)(H,23,26)(H,24,28). The van der Waals surface area contributed by atoms with E-state index in [1.165, 1.54) is 55.5 Å². The monoisotopic (exact) mass is 481 g/mol. The van der Waals surface area contributed by atoms with Crippen molar-refractivity contribution in [2.45, 2.75) is 18.2 Å². The number of carbonyl (C=O) groups excluding carboxylic acids is 4. The van der Waals surface area contributed by atoms with Gasteiger partial charge in [-0.25, -0.2) is 8.42 Å². The zero-order valence-electron chi connectivity index (χ0n) is 16.9. The third-order valence-corrected chi connectivity index (χ3v) is 5.88. The molecule has 0 heterocycles. The number of ether oxygens (including phenoxy) is 1. The second-order valence-corrected chi connectivity index (χ2v) is 8.99. The first kappa shape index (κ1) is 24.8. The van der Waals surface area contributed by atoms with E-state index in [0.29, 0.717) is 10.7 Å². The van der Waals surface area contributed by atoms with Gasteiger partial charge in [0.05, 0.1) is 17.1 Å². The highest BCUT2D eigenvalue weighted by Crippen LogP contribution is 2.16. The molecule has 0 saturated carbocycles. The Hall–Kier alpha value is -3.44. The van der Waals surface area contributed by atoms with Gasteiger partial charge < -0.3 is 10.1 Å². The number of hydrazine groups is 1. The van der Waals surface area contributed by atoms with Gasteiger partial charge in [-0.05, 0) is 48.5 Å². The van der Waals surface area contributed by atoms with Gasteiger partial charge >= 0.3 is 5.97 Å². The Morgan fingerprint density at radius 2 is 1.56 bits per heavy atom. The SMILES string of the molecule is CC(=O)Nc1ccc(S(=O)(=O)CCC(=O)OCC(=O)NNC(=O)c2ccc(Cl)cc2)cc1.